The molecule has 110 valence electrons. The van der Waals surface area contributed by atoms with Crippen molar-refractivity contribution < 1.29 is 9.18 Å². The third-order valence-electron chi connectivity index (χ3n) is 3.85. The van der Waals surface area contributed by atoms with Crippen molar-refractivity contribution in [3.63, 3.8) is 0 Å². The van der Waals surface area contributed by atoms with Crippen molar-refractivity contribution in [1.29, 1.82) is 0 Å². The third-order valence-corrected chi connectivity index (χ3v) is 4.21. The van der Waals surface area contributed by atoms with E-state index >= 15 is 0 Å². The quantitative estimate of drug-likeness (QED) is 0.855. The first-order chi connectivity index (χ1) is 9.49. The minimum atomic E-state index is -0.407. The molecule has 0 N–H and O–H groups in total. The van der Waals surface area contributed by atoms with Crippen LogP contribution in [0.3, 0.4) is 0 Å². The summed E-state index contributed by atoms with van der Waals surface area (Å²) in [6.45, 7) is 2.54. The minimum Gasteiger partial charge on any atom is -0.304 e. The van der Waals surface area contributed by atoms with Crippen molar-refractivity contribution in [1.82, 2.24) is 9.80 Å². The van der Waals surface area contributed by atoms with Crippen LogP contribution in [0.4, 0.5) is 4.39 Å². The molecular formula is C15H20ClFN2O. The Labute approximate surface area is 124 Å². The molecule has 1 aliphatic rings. The zero-order valence-corrected chi connectivity index (χ0v) is 12.7. The zero-order valence-electron chi connectivity index (χ0n) is 11.9. The number of halogens is 2. The van der Waals surface area contributed by atoms with E-state index in [1.54, 1.807) is 12.1 Å². The van der Waals surface area contributed by atoms with E-state index in [4.69, 9.17) is 11.6 Å². The van der Waals surface area contributed by atoms with Crippen molar-refractivity contribution in [3.05, 3.63) is 34.6 Å². The van der Waals surface area contributed by atoms with Crippen molar-refractivity contribution >= 4 is 17.4 Å². The highest BCUT2D eigenvalue weighted by atomic mass is 35.5. The van der Waals surface area contributed by atoms with Gasteiger partial charge in [0.1, 0.15) is 5.82 Å². The predicted octanol–water partition coefficient (Wildman–Crippen LogP) is 2.23. The minimum absolute atomic E-state index is 0.0215. The molecule has 1 unspecified atom stereocenters. The van der Waals surface area contributed by atoms with Gasteiger partial charge in [-0.1, -0.05) is 17.7 Å². The van der Waals surface area contributed by atoms with Gasteiger partial charge in [0.05, 0.1) is 6.04 Å². The summed E-state index contributed by atoms with van der Waals surface area (Å²) in [5.41, 5.74) is 0.305. The Morgan fingerprint density at radius 3 is 2.85 bits per heavy atom. The SMILES string of the molecule is CN1CCCN(C)C(C(=O)Cc2c(F)cccc2Cl)C1. The molecule has 0 bridgehead atoms. The lowest BCUT2D eigenvalue weighted by atomic mass is 10.0. The van der Waals surface area contributed by atoms with Gasteiger partial charge in [-0.15, -0.1) is 0 Å². The van der Waals surface area contributed by atoms with Crippen LogP contribution in [-0.2, 0) is 11.2 Å². The summed E-state index contributed by atoms with van der Waals surface area (Å²) in [7, 11) is 3.96. The van der Waals surface area contributed by atoms with E-state index in [0.717, 1.165) is 19.5 Å². The lowest BCUT2D eigenvalue weighted by Crippen LogP contribution is -2.44. The van der Waals surface area contributed by atoms with Gasteiger partial charge < -0.3 is 4.90 Å². The predicted molar refractivity (Wildman–Crippen MR) is 78.7 cm³/mol. The van der Waals surface area contributed by atoms with Crippen molar-refractivity contribution in [2.24, 2.45) is 0 Å². The molecule has 0 aromatic heterocycles. The van der Waals surface area contributed by atoms with Crippen LogP contribution >= 0.6 is 11.6 Å². The van der Waals surface area contributed by atoms with Crippen LogP contribution < -0.4 is 0 Å². The van der Waals surface area contributed by atoms with E-state index in [1.165, 1.54) is 6.07 Å². The van der Waals surface area contributed by atoms with Gasteiger partial charge in [0.2, 0.25) is 0 Å². The molecule has 0 radical (unpaired) electrons. The first kappa shape index (κ1) is 15.4. The summed E-state index contributed by atoms with van der Waals surface area (Å²) in [5.74, 6) is -0.385. The highest BCUT2D eigenvalue weighted by Gasteiger charge is 2.27. The zero-order chi connectivity index (χ0) is 14.7. The van der Waals surface area contributed by atoms with Crippen molar-refractivity contribution in [2.75, 3.05) is 33.7 Å². The Bertz CT molecular complexity index is 475. The number of rotatable bonds is 3. The van der Waals surface area contributed by atoms with Gasteiger partial charge in [-0.25, -0.2) is 4.39 Å². The van der Waals surface area contributed by atoms with E-state index in [0.29, 0.717) is 17.1 Å². The van der Waals surface area contributed by atoms with E-state index in [9.17, 15) is 9.18 Å². The topological polar surface area (TPSA) is 23.6 Å². The number of ketones is 1. The normalized spacial score (nSPS) is 21.7. The number of benzene rings is 1. The van der Waals surface area contributed by atoms with Gasteiger partial charge in [0.25, 0.3) is 0 Å². The summed E-state index contributed by atoms with van der Waals surface area (Å²) in [5, 5.41) is 0.322. The molecular weight excluding hydrogens is 279 g/mol. The van der Waals surface area contributed by atoms with Crippen LogP contribution in [-0.4, -0.2) is 55.4 Å². The second-order valence-corrected chi connectivity index (χ2v) is 5.86. The molecule has 1 aliphatic heterocycles. The number of hydrogen-bond acceptors (Lipinski definition) is 3. The van der Waals surface area contributed by atoms with E-state index in [-0.39, 0.29) is 18.2 Å². The molecule has 0 spiro atoms. The first-order valence-electron chi connectivity index (χ1n) is 6.83. The summed E-state index contributed by atoms with van der Waals surface area (Å²) in [6, 6.07) is 4.32. The fourth-order valence-corrected chi connectivity index (χ4v) is 2.84. The monoisotopic (exact) mass is 298 g/mol. The lowest BCUT2D eigenvalue weighted by molar-refractivity contribution is -0.123. The maximum Gasteiger partial charge on any atom is 0.155 e. The Hall–Kier alpha value is -0.970. The molecule has 1 aromatic rings. The van der Waals surface area contributed by atoms with Gasteiger partial charge in [0.15, 0.2) is 5.78 Å². The largest absolute Gasteiger partial charge is 0.304 e. The van der Waals surface area contributed by atoms with Crippen LogP contribution in [0, 0.1) is 5.82 Å². The number of likely N-dealkylation sites (N-methyl/N-ethyl adjacent to an activating group) is 2. The molecule has 20 heavy (non-hydrogen) atoms. The number of Topliss-reactive ketones (excluding diaryl/α,β-unsaturated/α-hetero) is 1. The summed E-state index contributed by atoms with van der Waals surface area (Å²) in [6.07, 6.45) is 1.09. The van der Waals surface area contributed by atoms with Crippen LogP contribution in [0.15, 0.2) is 18.2 Å². The Kier molecular flexibility index (Phi) is 5.13. The lowest BCUT2D eigenvalue weighted by Gasteiger charge is -2.26. The van der Waals surface area contributed by atoms with Crippen molar-refractivity contribution in [3.8, 4) is 0 Å². The molecule has 1 saturated heterocycles. The van der Waals surface area contributed by atoms with Gasteiger partial charge in [-0.2, -0.15) is 0 Å². The number of carbonyl (C=O) groups is 1. The molecule has 1 fully saturated rings. The van der Waals surface area contributed by atoms with Crippen LogP contribution in [0.1, 0.15) is 12.0 Å². The highest BCUT2D eigenvalue weighted by molar-refractivity contribution is 6.31. The van der Waals surface area contributed by atoms with Gasteiger partial charge in [0, 0.05) is 23.6 Å². The highest BCUT2D eigenvalue weighted by Crippen LogP contribution is 2.21. The molecule has 5 heteroatoms. The molecule has 1 atom stereocenters. The maximum atomic E-state index is 13.8. The second-order valence-electron chi connectivity index (χ2n) is 5.46. The average Bonchev–Trinajstić information content (AvgIpc) is 2.56. The van der Waals surface area contributed by atoms with E-state index in [1.807, 2.05) is 14.1 Å². The van der Waals surface area contributed by atoms with E-state index < -0.39 is 5.82 Å². The van der Waals surface area contributed by atoms with Gasteiger partial charge in [-0.05, 0) is 45.7 Å². The molecule has 0 saturated carbocycles. The van der Waals surface area contributed by atoms with Crippen LogP contribution in [0.25, 0.3) is 0 Å². The second kappa shape index (κ2) is 6.66. The Morgan fingerprint density at radius 1 is 1.40 bits per heavy atom. The summed E-state index contributed by atoms with van der Waals surface area (Å²) >= 11 is 5.99. The molecule has 3 nitrogen and oxygen atoms in total. The fourth-order valence-electron chi connectivity index (χ4n) is 2.61. The summed E-state index contributed by atoms with van der Waals surface area (Å²) in [4.78, 5) is 16.7. The third kappa shape index (κ3) is 3.57. The van der Waals surface area contributed by atoms with Crippen LogP contribution in [0.5, 0.6) is 0 Å². The van der Waals surface area contributed by atoms with Gasteiger partial charge >= 0.3 is 0 Å². The molecule has 0 aliphatic carbocycles. The Balaban J connectivity index is 2.14. The Morgan fingerprint density at radius 2 is 2.15 bits per heavy atom. The summed E-state index contributed by atoms with van der Waals surface area (Å²) < 4.78 is 13.8. The molecule has 2 rings (SSSR count). The first-order valence-corrected chi connectivity index (χ1v) is 7.21. The molecule has 1 aromatic carbocycles. The van der Waals surface area contributed by atoms with Crippen molar-refractivity contribution in [2.45, 2.75) is 18.9 Å². The smallest absolute Gasteiger partial charge is 0.155 e. The maximum absolute atomic E-state index is 13.8. The number of carbonyl (C=O) groups excluding carboxylic acids is 1. The van der Waals surface area contributed by atoms with Gasteiger partial charge in [-0.3, -0.25) is 9.69 Å². The fraction of sp³-hybridized carbons (Fsp3) is 0.533. The number of hydrogen-bond donors (Lipinski definition) is 0. The standard InChI is InChI=1S/C15H20ClFN2O/c1-18-7-4-8-19(2)14(10-18)15(20)9-11-12(16)5-3-6-13(11)17/h3,5-6,14H,4,7-10H2,1-2H3. The average molecular weight is 299 g/mol. The van der Waals surface area contributed by atoms with E-state index in [2.05, 4.69) is 9.80 Å². The molecule has 0 amide bonds. The molecule has 1 heterocycles. The van der Waals surface area contributed by atoms with Crippen LogP contribution in [0.2, 0.25) is 5.02 Å². The number of nitrogens with zero attached hydrogens (tertiary/aromatic N) is 2.